The monoisotopic (exact) mass is 520 g/mol. The van der Waals surface area contributed by atoms with Crippen LogP contribution in [0, 0.1) is 0 Å². The first-order chi connectivity index (χ1) is 17.2. The van der Waals surface area contributed by atoms with E-state index < -0.39 is 23.4 Å². The van der Waals surface area contributed by atoms with Crippen LogP contribution in [0.25, 0.3) is 0 Å². The van der Waals surface area contributed by atoms with E-state index in [0.29, 0.717) is 31.1 Å². The third kappa shape index (κ3) is 6.31. The SMILES string of the molecule is O=C(Nc1ccc(N2CCCC2)c(C(F)(F)F)c1)Oc1c(NCCc2cccc(Cl)c2)cc[nH]c1=O. The number of pyridine rings is 1. The average molecular weight is 521 g/mol. The Morgan fingerprint density at radius 2 is 1.89 bits per heavy atom. The summed E-state index contributed by atoms with van der Waals surface area (Å²) >= 11 is 5.99. The molecule has 0 radical (unpaired) electrons. The van der Waals surface area contributed by atoms with E-state index >= 15 is 0 Å². The van der Waals surface area contributed by atoms with Gasteiger partial charge in [-0.2, -0.15) is 13.2 Å². The first-order valence-electron chi connectivity index (χ1n) is 11.4. The maximum Gasteiger partial charge on any atom is 0.418 e. The molecule has 11 heteroatoms. The molecule has 7 nitrogen and oxygen atoms in total. The molecule has 4 rings (SSSR count). The van der Waals surface area contributed by atoms with Gasteiger partial charge in [0.2, 0.25) is 5.75 Å². The number of rotatable bonds is 7. The van der Waals surface area contributed by atoms with Gasteiger partial charge in [-0.05, 0) is 61.2 Å². The number of alkyl halides is 3. The second-order valence-corrected chi connectivity index (χ2v) is 8.73. The third-order valence-corrected chi connectivity index (χ3v) is 5.96. The Bertz CT molecular complexity index is 1290. The van der Waals surface area contributed by atoms with Crippen LogP contribution in [-0.2, 0) is 12.6 Å². The van der Waals surface area contributed by atoms with Gasteiger partial charge in [-0.25, -0.2) is 4.79 Å². The van der Waals surface area contributed by atoms with E-state index in [4.69, 9.17) is 16.3 Å². The molecule has 1 aliphatic heterocycles. The largest absolute Gasteiger partial charge is 0.418 e. The summed E-state index contributed by atoms with van der Waals surface area (Å²) in [4.78, 5) is 28.9. The highest BCUT2D eigenvalue weighted by atomic mass is 35.5. The van der Waals surface area contributed by atoms with Gasteiger partial charge in [0.15, 0.2) is 0 Å². The molecule has 0 aliphatic carbocycles. The first-order valence-corrected chi connectivity index (χ1v) is 11.7. The maximum atomic E-state index is 13.7. The molecule has 0 atom stereocenters. The number of nitrogens with one attached hydrogen (secondary N) is 3. The van der Waals surface area contributed by atoms with Crippen LogP contribution in [0.4, 0.5) is 35.0 Å². The molecule has 1 amide bonds. The molecule has 1 saturated heterocycles. The number of H-pyrrole nitrogens is 1. The molecule has 1 aliphatic rings. The lowest BCUT2D eigenvalue weighted by atomic mass is 10.1. The quantitative estimate of drug-likeness (QED) is 0.360. The minimum atomic E-state index is -4.60. The number of carbonyl (C=O) groups is 1. The molecule has 2 aromatic carbocycles. The zero-order valence-electron chi connectivity index (χ0n) is 19.1. The van der Waals surface area contributed by atoms with E-state index in [1.807, 2.05) is 18.2 Å². The molecule has 36 heavy (non-hydrogen) atoms. The number of hydrogen-bond donors (Lipinski definition) is 3. The molecule has 3 N–H and O–H groups in total. The number of aromatic nitrogens is 1. The van der Waals surface area contributed by atoms with Gasteiger partial charge in [-0.15, -0.1) is 0 Å². The fraction of sp³-hybridized carbons (Fsp3) is 0.280. The van der Waals surface area contributed by atoms with E-state index in [0.717, 1.165) is 24.5 Å². The lowest BCUT2D eigenvalue weighted by Gasteiger charge is -2.23. The molecule has 190 valence electrons. The standard InChI is InChI=1S/C25H24ClF3N4O3/c26-17-5-3-4-16(14-17)8-10-30-20-9-11-31-23(34)22(20)36-24(35)32-18-6-7-21(33-12-1-2-13-33)19(15-18)25(27,28)29/h3-7,9,11,14-15H,1-2,8,10,12-13H2,(H,32,35)(H2,30,31,34). The summed E-state index contributed by atoms with van der Waals surface area (Å²) in [5.74, 6) is -0.300. The van der Waals surface area contributed by atoms with Gasteiger partial charge < -0.3 is 19.9 Å². The van der Waals surface area contributed by atoms with Crippen LogP contribution in [0.1, 0.15) is 24.0 Å². The second kappa shape index (κ2) is 10.9. The summed E-state index contributed by atoms with van der Waals surface area (Å²) < 4.78 is 46.3. The molecule has 0 unspecified atom stereocenters. The van der Waals surface area contributed by atoms with Crippen LogP contribution in [0.15, 0.2) is 59.5 Å². The maximum absolute atomic E-state index is 13.7. The molecule has 0 saturated carbocycles. The zero-order valence-corrected chi connectivity index (χ0v) is 19.9. The van der Waals surface area contributed by atoms with E-state index in [1.54, 1.807) is 11.0 Å². The predicted octanol–water partition coefficient (Wildman–Crippen LogP) is 5.91. The molecular weight excluding hydrogens is 497 g/mol. The molecule has 2 heterocycles. The van der Waals surface area contributed by atoms with E-state index in [-0.39, 0.29) is 22.8 Å². The van der Waals surface area contributed by atoms with Gasteiger partial charge in [0.05, 0.1) is 11.3 Å². The number of aromatic amines is 1. The van der Waals surface area contributed by atoms with Crippen molar-refractivity contribution in [2.45, 2.75) is 25.4 Å². The number of halogens is 4. The Morgan fingerprint density at radius 3 is 2.61 bits per heavy atom. The number of amides is 1. The van der Waals surface area contributed by atoms with Gasteiger partial charge in [0.25, 0.3) is 5.56 Å². The van der Waals surface area contributed by atoms with Crippen LogP contribution in [0.2, 0.25) is 5.02 Å². The molecule has 0 spiro atoms. The number of anilines is 3. The van der Waals surface area contributed by atoms with Gasteiger partial charge in [-0.1, -0.05) is 23.7 Å². The van der Waals surface area contributed by atoms with Gasteiger partial charge in [0.1, 0.15) is 0 Å². The van der Waals surface area contributed by atoms with Crippen molar-refractivity contribution in [1.29, 1.82) is 0 Å². The summed E-state index contributed by atoms with van der Waals surface area (Å²) in [7, 11) is 0. The Labute approximate surface area is 210 Å². The van der Waals surface area contributed by atoms with Gasteiger partial charge in [-0.3, -0.25) is 10.1 Å². The average Bonchev–Trinajstić information content (AvgIpc) is 3.35. The second-order valence-electron chi connectivity index (χ2n) is 8.29. The molecule has 1 aromatic heterocycles. The fourth-order valence-corrected chi connectivity index (χ4v) is 4.26. The third-order valence-electron chi connectivity index (χ3n) is 5.72. The number of carbonyl (C=O) groups excluding carboxylic acids is 1. The minimum Gasteiger partial charge on any atom is -0.402 e. The van der Waals surface area contributed by atoms with E-state index in [2.05, 4.69) is 15.6 Å². The number of benzene rings is 2. The van der Waals surface area contributed by atoms with Crippen molar-refractivity contribution in [2.75, 3.05) is 35.2 Å². The minimum absolute atomic E-state index is 0.0737. The lowest BCUT2D eigenvalue weighted by molar-refractivity contribution is -0.137. The van der Waals surface area contributed by atoms with Crippen molar-refractivity contribution >= 4 is 34.8 Å². The molecule has 3 aromatic rings. The highest BCUT2D eigenvalue weighted by Crippen LogP contribution is 2.39. The van der Waals surface area contributed by atoms with Crippen molar-refractivity contribution in [3.8, 4) is 5.75 Å². The lowest BCUT2D eigenvalue weighted by Crippen LogP contribution is -2.24. The van der Waals surface area contributed by atoms with E-state index in [1.165, 1.54) is 24.4 Å². The first kappa shape index (κ1) is 25.4. The van der Waals surface area contributed by atoms with Gasteiger partial charge in [0, 0.05) is 42.2 Å². The Kier molecular flexibility index (Phi) is 7.73. The van der Waals surface area contributed by atoms with Crippen molar-refractivity contribution in [1.82, 2.24) is 4.98 Å². The van der Waals surface area contributed by atoms with Crippen LogP contribution < -0.4 is 25.8 Å². The summed E-state index contributed by atoms with van der Waals surface area (Å²) in [6, 6.07) is 12.4. The van der Waals surface area contributed by atoms with Crippen molar-refractivity contribution < 1.29 is 22.7 Å². The van der Waals surface area contributed by atoms with Gasteiger partial charge >= 0.3 is 12.3 Å². The molecule has 0 bridgehead atoms. The Morgan fingerprint density at radius 1 is 1.11 bits per heavy atom. The van der Waals surface area contributed by atoms with Crippen molar-refractivity contribution in [3.05, 3.63) is 81.2 Å². The van der Waals surface area contributed by atoms with Crippen LogP contribution >= 0.6 is 11.6 Å². The summed E-state index contributed by atoms with van der Waals surface area (Å²) in [6.45, 7) is 1.50. The highest BCUT2D eigenvalue weighted by molar-refractivity contribution is 6.30. The Balaban J connectivity index is 1.45. The Hall–Kier alpha value is -3.66. The number of ether oxygens (including phenoxy) is 1. The summed E-state index contributed by atoms with van der Waals surface area (Å²) in [5, 5.41) is 5.93. The zero-order chi connectivity index (χ0) is 25.7. The van der Waals surface area contributed by atoms with Crippen molar-refractivity contribution in [2.24, 2.45) is 0 Å². The van der Waals surface area contributed by atoms with E-state index in [9.17, 15) is 22.8 Å². The summed E-state index contributed by atoms with van der Waals surface area (Å²) in [6.07, 6.45) is -2.07. The van der Waals surface area contributed by atoms with Crippen LogP contribution in [0.3, 0.4) is 0 Å². The number of nitrogens with zero attached hydrogens (tertiary/aromatic N) is 1. The molecule has 1 fully saturated rings. The fourth-order valence-electron chi connectivity index (χ4n) is 4.05. The smallest absolute Gasteiger partial charge is 0.402 e. The summed E-state index contributed by atoms with van der Waals surface area (Å²) in [5.41, 5.74) is -0.307. The van der Waals surface area contributed by atoms with Crippen LogP contribution in [0.5, 0.6) is 5.75 Å². The highest BCUT2D eigenvalue weighted by Gasteiger charge is 2.36. The number of hydrogen-bond acceptors (Lipinski definition) is 5. The van der Waals surface area contributed by atoms with Crippen molar-refractivity contribution in [3.63, 3.8) is 0 Å². The molecular formula is C25H24ClF3N4O3. The normalized spacial score (nSPS) is 13.5. The predicted molar refractivity (Wildman–Crippen MR) is 133 cm³/mol. The van der Waals surface area contributed by atoms with Crippen LogP contribution in [-0.4, -0.2) is 30.7 Å². The topological polar surface area (TPSA) is 86.5 Å².